The summed E-state index contributed by atoms with van der Waals surface area (Å²) < 4.78 is 16.4. The molecule has 5 N–H and O–H groups in total. The number of aliphatic hydroxyl groups excluding tert-OH is 1. The highest BCUT2D eigenvalue weighted by Gasteiger charge is 2.26. The van der Waals surface area contributed by atoms with Crippen molar-refractivity contribution in [2.24, 2.45) is 23.5 Å². The molecule has 214 valence electrons. The molecule has 0 aliphatic carbocycles. The van der Waals surface area contributed by atoms with Gasteiger partial charge in [-0.3, -0.25) is 9.59 Å². The molecule has 0 aliphatic rings. The molecule has 0 radical (unpaired) electrons. The number of carboxylic acids is 1. The van der Waals surface area contributed by atoms with E-state index in [1.54, 1.807) is 21.1 Å². The summed E-state index contributed by atoms with van der Waals surface area (Å²) in [4.78, 5) is 22.9. The fraction of sp³-hybridized carbons (Fsp3) is 0.704. The Balaban J connectivity index is 0.0000130. The van der Waals surface area contributed by atoms with Crippen LogP contribution < -0.4 is 20.5 Å². The van der Waals surface area contributed by atoms with Gasteiger partial charge in [-0.2, -0.15) is 0 Å². The topological polar surface area (TPSA) is 140 Å². The number of aliphatic carboxylic acids is 1. The van der Waals surface area contributed by atoms with Crippen LogP contribution in [0.2, 0.25) is 0 Å². The van der Waals surface area contributed by atoms with Gasteiger partial charge in [-0.05, 0) is 55.2 Å². The Hall–Kier alpha value is -2.07. The lowest BCUT2D eigenvalue weighted by molar-refractivity contribution is -0.137. The van der Waals surface area contributed by atoms with E-state index in [-0.39, 0.29) is 37.1 Å². The molecule has 1 aromatic rings. The highest BCUT2D eigenvalue weighted by atomic mass is 35.5. The maximum atomic E-state index is 12.3. The SMILES string of the molecule is COCCCOc1cc(C[C@@H](C[C@H](N)[C@@H](O)C[C@@H](C)C(=O)NCCCC(=O)O)C(C)C)ccc1OC.Cl. The zero-order valence-corrected chi connectivity index (χ0v) is 23.7. The molecule has 0 heterocycles. The average Bonchev–Trinajstić information content (AvgIpc) is 2.83. The van der Waals surface area contributed by atoms with Crippen LogP contribution in [0, 0.1) is 17.8 Å². The number of benzene rings is 1. The second-order valence-electron chi connectivity index (χ2n) is 9.78. The molecule has 1 aromatic carbocycles. The number of halogens is 1. The van der Waals surface area contributed by atoms with E-state index in [2.05, 4.69) is 19.2 Å². The number of nitrogens with two attached hydrogens (primary N) is 1. The molecule has 9 nitrogen and oxygen atoms in total. The van der Waals surface area contributed by atoms with Gasteiger partial charge in [0.1, 0.15) is 0 Å². The molecule has 0 bridgehead atoms. The first-order chi connectivity index (χ1) is 17.1. The Morgan fingerprint density at radius 3 is 2.35 bits per heavy atom. The first kappa shape index (κ1) is 34.9. The molecule has 0 unspecified atom stereocenters. The summed E-state index contributed by atoms with van der Waals surface area (Å²) in [5.74, 6) is 0.423. The summed E-state index contributed by atoms with van der Waals surface area (Å²) in [5.41, 5.74) is 7.48. The number of hydrogen-bond acceptors (Lipinski definition) is 7. The van der Waals surface area contributed by atoms with E-state index in [4.69, 9.17) is 25.1 Å². The average molecular weight is 547 g/mol. The Morgan fingerprint density at radius 1 is 1.05 bits per heavy atom. The molecule has 0 aliphatic heterocycles. The lowest BCUT2D eigenvalue weighted by Gasteiger charge is -2.28. The summed E-state index contributed by atoms with van der Waals surface area (Å²) in [6.45, 7) is 7.48. The third-order valence-electron chi connectivity index (χ3n) is 6.40. The number of rotatable bonds is 19. The van der Waals surface area contributed by atoms with Gasteiger partial charge in [0.2, 0.25) is 5.91 Å². The molecule has 10 heteroatoms. The standard InChI is InChI=1S/C27H46N2O7.ClH/c1-18(2)21(15-20-9-10-24(35-5)25(16-20)36-13-7-12-34-4)17-22(28)23(30)14-19(3)27(33)29-11-6-8-26(31)32;/h9-10,16,18-19,21-23,30H,6-8,11-15,17,28H2,1-5H3,(H,29,33)(H,31,32);1H/t19-,21+,22+,23+;/m1./s1. The van der Waals surface area contributed by atoms with Crippen LogP contribution in [-0.2, 0) is 20.7 Å². The molecule has 4 atom stereocenters. The molecule has 1 rings (SSSR count). The van der Waals surface area contributed by atoms with Crippen LogP contribution in [0.5, 0.6) is 11.5 Å². The van der Waals surface area contributed by atoms with Crippen molar-refractivity contribution in [1.82, 2.24) is 5.32 Å². The van der Waals surface area contributed by atoms with Gasteiger partial charge >= 0.3 is 5.97 Å². The van der Waals surface area contributed by atoms with Crippen LogP contribution in [0.4, 0.5) is 0 Å². The number of carboxylic acid groups (broad SMARTS) is 1. The molecular formula is C27H47ClN2O7. The number of amides is 1. The zero-order valence-electron chi connectivity index (χ0n) is 22.9. The number of carbonyl (C=O) groups is 2. The van der Waals surface area contributed by atoms with Crippen LogP contribution in [0.25, 0.3) is 0 Å². The minimum Gasteiger partial charge on any atom is -0.493 e. The summed E-state index contributed by atoms with van der Waals surface area (Å²) in [6.07, 6.45) is 1.98. The van der Waals surface area contributed by atoms with Crippen molar-refractivity contribution >= 4 is 24.3 Å². The highest BCUT2D eigenvalue weighted by molar-refractivity contribution is 5.85. The van der Waals surface area contributed by atoms with E-state index < -0.39 is 24.0 Å². The van der Waals surface area contributed by atoms with Gasteiger partial charge in [0.05, 0.1) is 19.8 Å². The number of carbonyl (C=O) groups excluding carboxylic acids is 1. The zero-order chi connectivity index (χ0) is 27.1. The summed E-state index contributed by atoms with van der Waals surface area (Å²) in [5, 5.41) is 22.1. The van der Waals surface area contributed by atoms with Crippen LogP contribution in [0.3, 0.4) is 0 Å². The van der Waals surface area contributed by atoms with Gasteiger partial charge in [-0.25, -0.2) is 0 Å². The number of nitrogens with one attached hydrogen (secondary N) is 1. The molecular weight excluding hydrogens is 500 g/mol. The van der Waals surface area contributed by atoms with Crippen molar-refractivity contribution in [2.75, 3.05) is 34.0 Å². The van der Waals surface area contributed by atoms with E-state index in [0.717, 1.165) is 18.4 Å². The lowest BCUT2D eigenvalue weighted by Crippen LogP contribution is -2.41. The maximum absolute atomic E-state index is 12.3. The van der Waals surface area contributed by atoms with Gasteiger partial charge in [0.15, 0.2) is 11.5 Å². The second kappa shape index (κ2) is 19.1. The first-order valence-electron chi connectivity index (χ1n) is 12.8. The Kier molecular flexibility index (Phi) is 18.0. The molecule has 1 amide bonds. The van der Waals surface area contributed by atoms with Gasteiger partial charge in [-0.15, -0.1) is 12.4 Å². The van der Waals surface area contributed by atoms with Gasteiger partial charge in [0.25, 0.3) is 0 Å². The third-order valence-corrected chi connectivity index (χ3v) is 6.40. The van der Waals surface area contributed by atoms with E-state index in [0.29, 0.717) is 50.0 Å². The van der Waals surface area contributed by atoms with E-state index in [9.17, 15) is 14.7 Å². The minimum atomic E-state index is -0.890. The predicted octanol–water partition coefficient (Wildman–Crippen LogP) is 3.43. The molecule has 0 saturated heterocycles. The fourth-order valence-corrected chi connectivity index (χ4v) is 4.02. The molecule has 0 saturated carbocycles. The highest BCUT2D eigenvalue weighted by Crippen LogP contribution is 2.31. The van der Waals surface area contributed by atoms with Crippen LogP contribution in [0.15, 0.2) is 18.2 Å². The van der Waals surface area contributed by atoms with Crippen molar-refractivity contribution in [3.63, 3.8) is 0 Å². The first-order valence-corrected chi connectivity index (χ1v) is 12.8. The number of methoxy groups -OCH3 is 2. The van der Waals surface area contributed by atoms with Crippen LogP contribution in [0.1, 0.15) is 58.4 Å². The van der Waals surface area contributed by atoms with Crippen molar-refractivity contribution in [3.8, 4) is 11.5 Å². The second-order valence-corrected chi connectivity index (χ2v) is 9.78. The quantitative estimate of drug-likeness (QED) is 0.193. The predicted molar refractivity (Wildman–Crippen MR) is 147 cm³/mol. The lowest BCUT2D eigenvalue weighted by atomic mass is 9.82. The van der Waals surface area contributed by atoms with Crippen molar-refractivity contribution < 1.29 is 34.0 Å². The third kappa shape index (κ3) is 13.9. The Morgan fingerprint density at radius 2 is 1.76 bits per heavy atom. The van der Waals surface area contributed by atoms with Gasteiger partial charge in [-0.1, -0.05) is 26.8 Å². The molecule has 0 spiro atoms. The number of aliphatic hydroxyl groups is 1. The smallest absolute Gasteiger partial charge is 0.303 e. The number of hydrogen-bond donors (Lipinski definition) is 4. The monoisotopic (exact) mass is 546 g/mol. The Bertz CT molecular complexity index is 794. The van der Waals surface area contributed by atoms with E-state index in [1.807, 2.05) is 18.2 Å². The molecule has 37 heavy (non-hydrogen) atoms. The molecule has 0 aromatic heterocycles. The van der Waals surface area contributed by atoms with Crippen molar-refractivity contribution in [3.05, 3.63) is 23.8 Å². The Labute approximate surface area is 227 Å². The van der Waals surface area contributed by atoms with Gasteiger partial charge in [0, 0.05) is 45.1 Å². The van der Waals surface area contributed by atoms with Crippen molar-refractivity contribution in [2.45, 2.75) is 71.4 Å². The minimum absolute atomic E-state index is 0. The van der Waals surface area contributed by atoms with Gasteiger partial charge < -0.3 is 35.5 Å². The van der Waals surface area contributed by atoms with Crippen molar-refractivity contribution in [1.29, 1.82) is 0 Å². The largest absolute Gasteiger partial charge is 0.493 e. The summed E-state index contributed by atoms with van der Waals surface area (Å²) in [7, 11) is 3.28. The number of ether oxygens (including phenoxy) is 3. The van der Waals surface area contributed by atoms with Crippen LogP contribution >= 0.6 is 12.4 Å². The van der Waals surface area contributed by atoms with Crippen LogP contribution in [-0.4, -0.2) is 68.2 Å². The maximum Gasteiger partial charge on any atom is 0.303 e. The summed E-state index contributed by atoms with van der Waals surface area (Å²) in [6, 6.07) is 5.46. The van der Waals surface area contributed by atoms with E-state index >= 15 is 0 Å². The van der Waals surface area contributed by atoms with E-state index in [1.165, 1.54) is 0 Å². The fourth-order valence-electron chi connectivity index (χ4n) is 4.02. The normalized spacial score (nSPS) is 14.3. The molecule has 0 fully saturated rings. The summed E-state index contributed by atoms with van der Waals surface area (Å²) >= 11 is 0.